The van der Waals surface area contributed by atoms with E-state index in [-0.39, 0.29) is 0 Å². The van der Waals surface area contributed by atoms with Crippen LogP contribution in [0.4, 0.5) is 0 Å². The van der Waals surface area contributed by atoms with E-state index in [9.17, 15) is 0 Å². The summed E-state index contributed by atoms with van der Waals surface area (Å²) in [5.41, 5.74) is 10.3. The second-order valence-electron chi connectivity index (χ2n) is 9.63. The second-order valence-corrected chi connectivity index (χ2v) is 9.63. The Bertz CT molecular complexity index is 1870. The first kappa shape index (κ1) is 22.2. The number of rotatable bonds is 4. The van der Waals surface area contributed by atoms with Crippen LogP contribution in [-0.2, 0) is 0 Å². The molecule has 0 amide bonds. The van der Waals surface area contributed by atoms with Crippen LogP contribution >= 0.6 is 0 Å². The van der Waals surface area contributed by atoms with Crippen molar-refractivity contribution in [2.75, 3.05) is 0 Å². The lowest BCUT2D eigenvalue weighted by molar-refractivity contribution is 1.42. The highest BCUT2D eigenvalue weighted by Gasteiger charge is 2.13. The Morgan fingerprint density at radius 3 is 1.29 bits per heavy atom. The molecule has 1 heteroatoms. The largest absolute Gasteiger partial charge is 0.247 e. The van der Waals surface area contributed by atoms with Crippen LogP contribution in [0.5, 0.6) is 0 Å². The normalized spacial score (nSPS) is 11.2. The summed E-state index contributed by atoms with van der Waals surface area (Å²) in [4.78, 5) is 5.30. The third-order valence-corrected chi connectivity index (χ3v) is 7.27. The third-order valence-electron chi connectivity index (χ3n) is 7.27. The zero-order valence-electron chi connectivity index (χ0n) is 20.9. The summed E-state index contributed by atoms with van der Waals surface area (Å²) in [7, 11) is 0. The minimum absolute atomic E-state index is 1.01. The average molecular weight is 484 g/mol. The Kier molecular flexibility index (Phi) is 5.53. The van der Waals surface area contributed by atoms with Crippen LogP contribution in [0.1, 0.15) is 0 Å². The molecule has 7 aromatic rings. The maximum absolute atomic E-state index is 5.30. The number of fused-ring (bicyclic) bond motifs is 3. The summed E-state index contributed by atoms with van der Waals surface area (Å²) in [5.74, 6) is 0. The first-order chi connectivity index (χ1) is 18.8. The van der Waals surface area contributed by atoms with Crippen LogP contribution < -0.4 is 0 Å². The van der Waals surface area contributed by atoms with Crippen LogP contribution in [0.25, 0.3) is 66.3 Å². The molecule has 1 aromatic heterocycles. The highest BCUT2D eigenvalue weighted by molar-refractivity contribution is 6.12. The second kappa shape index (κ2) is 9.46. The maximum atomic E-state index is 5.30. The molecule has 0 aliphatic heterocycles. The van der Waals surface area contributed by atoms with E-state index in [1.807, 2.05) is 0 Å². The Hall–Kier alpha value is -5.01. The smallest absolute Gasteiger partial charge is 0.0788 e. The first-order valence-electron chi connectivity index (χ1n) is 13.0. The fourth-order valence-corrected chi connectivity index (χ4v) is 5.30. The molecule has 0 spiro atoms. The minimum Gasteiger partial charge on any atom is -0.247 e. The molecule has 0 saturated heterocycles. The van der Waals surface area contributed by atoms with Crippen molar-refractivity contribution in [1.29, 1.82) is 0 Å². The highest BCUT2D eigenvalue weighted by atomic mass is 14.7. The number of benzene rings is 6. The van der Waals surface area contributed by atoms with Gasteiger partial charge in [0.05, 0.1) is 11.2 Å². The third kappa shape index (κ3) is 4.05. The van der Waals surface area contributed by atoms with Crippen molar-refractivity contribution in [1.82, 2.24) is 4.98 Å². The van der Waals surface area contributed by atoms with E-state index in [2.05, 4.69) is 152 Å². The number of hydrogen-bond donors (Lipinski definition) is 0. The maximum Gasteiger partial charge on any atom is 0.0788 e. The molecule has 7 rings (SSSR count). The van der Waals surface area contributed by atoms with Crippen molar-refractivity contribution in [3.05, 3.63) is 152 Å². The summed E-state index contributed by atoms with van der Waals surface area (Å²) in [5, 5.41) is 3.55. The van der Waals surface area contributed by atoms with E-state index in [0.29, 0.717) is 0 Å². The van der Waals surface area contributed by atoms with Gasteiger partial charge in [-0.2, -0.15) is 0 Å². The molecule has 0 N–H and O–H groups in total. The lowest BCUT2D eigenvalue weighted by Gasteiger charge is -2.14. The van der Waals surface area contributed by atoms with Gasteiger partial charge in [-0.25, -0.2) is 4.98 Å². The monoisotopic (exact) mass is 483 g/mol. The lowest BCUT2D eigenvalue weighted by Crippen LogP contribution is -1.92. The first-order valence-corrected chi connectivity index (χ1v) is 13.0. The van der Waals surface area contributed by atoms with Gasteiger partial charge in [-0.1, -0.05) is 140 Å². The molecular formula is C37H25N. The molecule has 0 radical (unpaired) electrons. The van der Waals surface area contributed by atoms with Crippen LogP contribution in [0.3, 0.4) is 0 Å². The molecule has 0 bridgehead atoms. The SMILES string of the molecule is c1ccc(-c2ccc(-c3nc4cc(-c5ccccc5)ccc4c4ccc(-c5ccccc5)cc34)cc2)cc1. The number of hydrogen-bond acceptors (Lipinski definition) is 1. The molecular weight excluding hydrogens is 458 g/mol. The molecule has 178 valence electrons. The Labute approximate surface area is 222 Å². The van der Waals surface area contributed by atoms with Gasteiger partial charge in [0, 0.05) is 16.3 Å². The van der Waals surface area contributed by atoms with Crippen LogP contribution in [-0.4, -0.2) is 4.98 Å². The summed E-state index contributed by atoms with van der Waals surface area (Å²) in [6, 6.07) is 53.8. The molecule has 0 aliphatic rings. The standard InChI is InChI=1S/C37H25N/c1-4-10-26(11-5-1)29-16-18-30(19-17-29)37-35-24-31(27-12-6-2-7-13-27)20-22-33(35)34-23-21-32(25-36(34)38-37)28-14-8-3-9-15-28/h1-25H. The van der Waals surface area contributed by atoms with Crippen molar-refractivity contribution >= 4 is 21.7 Å². The molecule has 38 heavy (non-hydrogen) atoms. The fraction of sp³-hybridized carbons (Fsp3) is 0. The van der Waals surface area contributed by atoms with Gasteiger partial charge >= 0.3 is 0 Å². The molecule has 0 unspecified atom stereocenters. The van der Waals surface area contributed by atoms with E-state index in [4.69, 9.17) is 4.98 Å². The van der Waals surface area contributed by atoms with Gasteiger partial charge in [0.15, 0.2) is 0 Å². The molecule has 1 nitrogen and oxygen atoms in total. The summed E-state index contributed by atoms with van der Waals surface area (Å²) in [6.45, 7) is 0. The number of nitrogens with zero attached hydrogens (tertiary/aromatic N) is 1. The molecule has 0 aliphatic carbocycles. The van der Waals surface area contributed by atoms with E-state index in [1.165, 1.54) is 49.5 Å². The van der Waals surface area contributed by atoms with Gasteiger partial charge in [0.2, 0.25) is 0 Å². The molecule has 0 saturated carbocycles. The lowest BCUT2D eigenvalue weighted by atomic mass is 9.94. The van der Waals surface area contributed by atoms with Crippen molar-refractivity contribution in [3.63, 3.8) is 0 Å². The molecule has 6 aromatic carbocycles. The Balaban J connectivity index is 1.45. The molecule has 0 fully saturated rings. The van der Waals surface area contributed by atoms with Crippen LogP contribution in [0.15, 0.2) is 152 Å². The van der Waals surface area contributed by atoms with Crippen molar-refractivity contribution < 1.29 is 0 Å². The van der Waals surface area contributed by atoms with Crippen molar-refractivity contribution in [2.24, 2.45) is 0 Å². The van der Waals surface area contributed by atoms with E-state index in [1.54, 1.807) is 0 Å². The van der Waals surface area contributed by atoms with Crippen molar-refractivity contribution in [3.8, 4) is 44.6 Å². The predicted molar refractivity (Wildman–Crippen MR) is 161 cm³/mol. The molecule has 1 heterocycles. The average Bonchev–Trinajstić information content (AvgIpc) is 3.01. The quantitative estimate of drug-likeness (QED) is 0.227. The molecule has 0 atom stereocenters. The highest BCUT2D eigenvalue weighted by Crippen LogP contribution is 2.37. The van der Waals surface area contributed by atoms with Crippen LogP contribution in [0.2, 0.25) is 0 Å². The van der Waals surface area contributed by atoms with E-state index >= 15 is 0 Å². The Morgan fingerprint density at radius 2 is 0.711 bits per heavy atom. The summed E-state index contributed by atoms with van der Waals surface area (Å²) < 4.78 is 0. The van der Waals surface area contributed by atoms with Gasteiger partial charge in [-0.05, 0) is 50.9 Å². The number of pyridine rings is 1. The zero-order valence-corrected chi connectivity index (χ0v) is 20.9. The summed E-state index contributed by atoms with van der Waals surface area (Å²) in [6.07, 6.45) is 0. The van der Waals surface area contributed by atoms with Gasteiger partial charge < -0.3 is 0 Å². The summed E-state index contributed by atoms with van der Waals surface area (Å²) >= 11 is 0. The fourth-order valence-electron chi connectivity index (χ4n) is 5.30. The zero-order chi connectivity index (χ0) is 25.3. The van der Waals surface area contributed by atoms with E-state index in [0.717, 1.165) is 16.8 Å². The van der Waals surface area contributed by atoms with E-state index < -0.39 is 0 Å². The number of aromatic nitrogens is 1. The van der Waals surface area contributed by atoms with Gasteiger partial charge in [-0.15, -0.1) is 0 Å². The minimum atomic E-state index is 1.01. The Morgan fingerprint density at radius 1 is 0.289 bits per heavy atom. The van der Waals surface area contributed by atoms with Gasteiger partial charge in [-0.3, -0.25) is 0 Å². The predicted octanol–water partition coefficient (Wildman–Crippen LogP) is 10.1. The van der Waals surface area contributed by atoms with Gasteiger partial charge in [0.25, 0.3) is 0 Å². The topological polar surface area (TPSA) is 12.9 Å². The van der Waals surface area contributed by atoms with Crippen molar-refractivity contribution in [2.45, 2.75) is 0 Å². The van der Waals surface area contributed by atoms with Crippen LogP contribution in [0, 0.1) is 0 Å². The van der Waals surface area contributed by atoms with Gasteiger partial charge in [0.1, 0.15) is 0 Å².